The van der Waals surface area contributed by atoms with Crippen LogP contribution in [0.1, 0.15) is 11.5 Å². The van der Waals surface area contributed by atoms with Crippen molar-refractivity contribution < 1.29 is 14.3 Å². The van der Waals surface area contributed by atoms with Crippen LogP contribution in [0.4, 0.5) is 0 Å². The largest absolute Gasteiger partial charge is 0.441 e. The van der Waals surface area contributed by atoms with E-state index in [1.165, 1.54) is 11.8 Å². The maximum atomic E-state index is 11.8. The van der Waals surface area contributed by atoms with Crippen LogP contribution >= 0.6 is 11.8 Å². The molecule has 108 valence electrons. The monoisotopic (exact) mass is 303 g/mol. The van der Waals surface area contributed by atoms with Gasteiger partial charge in [-0.1, -0.05) is 6.07 Å². The van der Waals surface area contributed by atoms with Gasteiger partial charge in [0.2, 0.25) is 0 Å². The Hall–Kier alpha value is -2.12. The number of hydrogen-bond donors (Lipinski definition) is 2. The summed E-state index contributed by atoms with van der Waals surface area (Å²) in [6.07, 6.45) is 1.78. The van der Waals surface area contributed by atoms with E-state index < -0.39 is 0 Å². The average Bonchev–Trinajstić information content (AvgIpc) is 2.98. The van der Waals surface area contributed by atoms with Crippen molar-refractivity contribution in [3.63, 3.8) is 0 Å². The highest BCUT2D eigenvalue weighted by molar-refractivity contribution is 8.18. The molecule has 3 rings (SSSR count). The number of nitrogens with zero attached hydrogens (tertiary/aromatic N) is 2. The third kappa shape index (κ3) is 2.98. The molecule has 2 N–H and O–H groups in total. The summed E-state index contributed by atoms with van der Waals surface area (Å²) in [6.45, 7) is 2.03. The standard InChI is InChI=1S/C14H13N3O3S/c1-8-16-10-3-2-9(6-11(10)20-8)7-12-13(19)17-14(21-12)15-4-5-18/h2-3,6-7,18H,4-5H2,1H3,(H,15,17,19)/b12-7+. The Kier molecular flexibility index (Phi) is 3.76. The predicted molar refractivity (Wildman–Crippen MR) is 81.8 cm³/mol. The van der Waals surface area contributed by atoms with E-state index in [1.807, 2.05) is 18.2 Å². The zero-order chi connectivity index (χ0) is 14.8. The number of amides is 1. The number of fused-ring (bicyclic) bond motifs is 1. The first kappa shape index (κ1) is 13.8. The number of oxazole rings is 1. The minimum Gasteiger partial charge on any atom is -0.441 e. The van der Waals surface area contributed by atoms with Crippen molar-refractivity contribution >= 4 is 40.0 Å². The molecule has 0 bridgehead atoms. The van der Waals surface area contributed by atoms with Crippen LogP contribution < -0.4 is 5.32 Å². The first-order chi connectivity index (χ1) is 10.2. The second-order valence-electron chi connectivity index (χ2n) is 4.44. The summed E-state index contributed by atoms with van der Waals surface area (Å²) in [4.78, 5) is 20.7. The SMILES string of the molecule is Cc1nc2ccc(/C=C3/SC(=NCCO)NC3=O)cc2o1. The number of carbonyl (C=O) groups excluding carboxylic acids is 1. The first-order valence-corrected chi connectivity index (χ1v) is 7.21. The van der Waals surface area contributed by atoms with E-state index in [0.29, 0.717) is 21.5 Å². The molecule has 1 aromatic carbocycles. The Bertz CT molecular complexity index is 764. The molecule has 2 heterocycles. The topological polar surface area (TPSA) is 87.7 Å². The lowest BCUT2D eigenvalue weighted by Crippen LogP contribution is -2.20. The highest BCUT2D eigenvalue weighted by atomic mass is 32.2. The van der Waals surface area contributed by atoms with E-state index in [4.69, 9.17) is 9.52 Å². The fraction of sp³-hybridized carbons (Fsp3) is 0.214. The number of nitrogens with one attached hydrogen (secondary N) is 1. The molecule has 0 unspecified atom stereocenters. The molecule has 0 saturated carbocycles. The van der Waals surface area contributed by atoms with Gasteiger partial charge in [-0.15, -0.1) is 0 Å². The van der Waals surface area contributed by atoms with Crippen LogP contribution in [0.3, 0.4) is 0 Å². The van der Waals surface area contributed by atoms with Crippen LogP contribution in [0.25, 0.3) is 17.2 Å². The smallest absolute Gasteiger partial charge is 0.264 e. The van der Waals surface area contributed by atoms with Gasteiger partial charge in [-0.3, -0.25) is 9.79 Å². The molecule has 21 heavy (non-hydrogen) atoms. The van der Waals surface area contributed by atoms with Crippen molar-refractivity contribution in [2.45, 2.75) is 6.92 Å². The van der Waals surface area contributed by atoms with Gasteiger partial charge >= 0.3 is 0 Å². The number of thioether (sulfide) groups is 1. The van der Waals surface area contributed by atoms with Crippen molar-refractivity contribution in [2.75, 3.05) is 13.2 Å². The Morgan fingerprint density at radius 2 is 2.38 bits per heavy atom. The zero-order valence-electron chi connectivity index (χ0n) is 11.3. The van der Waals surface area contributed by atoms with Gasteiger partial charge in [-0.05, 0) is 35.5 Å². The normalized spacial score (nSPS) is 18.9. The molecule has 7 heteroatoms. The number of aliphatic hydroxyl groups is 1. The van der Waals surface area contributed by atoms with E-state index >= 15 is 0 Å². The average molecular weight is 303 g/mol. The number of aryl methyl sites for hydroxylation is 1. The molecule has 0 radical (unpaired) electrons. The van der Waals surface area contributed by atoms with Gasteiger partial charge in [-0.25, -0.2) is 4.98 Å². The van der Waals surface area contributed by atoms with Gasteiger partial charge in [0.25, 0.3) is 5.91 Å². The summed E-state index contributed by atoms with van der Waals surface area (Å²) in [6, 6.07) is 5.59. The molecule has 0 aliphatic carbocycles. The minimum absolute atomic E-state index is 0.0412. The Morgan fingerprint density at radius 1 is 1.52 bits per heavy atom. The maximum Gasteiger partial charge on any atom is 0.264 e. The van der Waals surface area contributed by atoms with Crippen LogP contribution in [0, 0.1) is 6.92 Å². The number of rotatable bonds is 3. The molecular formula is C14H13N3O3S. The van der Waals surface area contributed by atoms with Gasteiger partial charge < -0.3 is 14.8 Å². The van der Waals surface area contributed by atoms with E-state index in [2.05, 4.69) is 15.3 Å². The van der Waals surface area contributed by atoms with Crippen LogP contribution in [-0.2, 0) is 4.79 Å². The number of aliphatic imine (C=N–C) groups is 1. The Labute approximate surface area is 125 Å². The van der Waals surface area contributed by atoms with E-state index in [-0.39, 0.29) is 19.1 Å². The number of aromatic nitrogens is 1. The van der Waals surface area contributed by atoms with Gasteiger partial charge in [0.15, 0.2) is 16.6 Å². The summed E-state index contributed by atoms with van der Waals surface area (Å²) < 4.78 is 5.47. The second-order valence-corrected chi connectivity index (χ2v) is 5.47. The van der Waals surface area contributed by atoms with Crippen LogP contribution in [0.5, 0.6) is 0 Å². The Morgan fingerprint density at radius 3 is 3.19 bits per heavy atom. The number of hydrogen-bond acceptors (Lipinski definition) is 6. The van der Waals surface area contributed by atoms with Gasteiger partial charge in [-0.2, -0.15) is 0 Å². The number of carbonyl (C=O) groups is 1. The number of amidine groups is 1. The summed E-state index contributed by atoms with van der Waals surface area (Å²) in [7, 11) is 0. The third-order valence-electron chi connectivity index (χ3n) is 2.82. The van der Waals surface area contributed by atoms with Crippen molar-refractivity contribution in [2.24, 2.45) is 4.99 Å². The first-order valence-electron chi connectivity index (χ1n) is 6.39. The number of aliphatic hydroxyl groups excluding tert-OH is 1. The van der Waals surface area contributed by atoms with Crippen molar-refractivity contribution in [3.05, 3.63) is 34.6 Å². The van der Waals surface area contributed by atoms with Gasteiger partial charge in [0.1, 0.15) is 5.52 Å². The van der Waals surface area contributed by atoms with Crippen molar-refractivity contribution in [3.8, 4) is 0 Å². The molecule has 1 aromatic heterocycles. The minimum atomic E-state index is -0.189. The fourth-order valence-corrected chi connectivity index (χ4v) is 2.80. The molecule has 0 atom stereocenters. The molecular weight excluding hydrogens is 290 g/mol. The summed E-state index contributed by atoms with van der Waals surface area (Å²) >= 11 is 1.26. The van der Waals surface area contributed by atoms with Crippen LogP contribution in [0.15, 0.2) is 32.5 Å². The lowest BCUT2D eigenvalue weighted by atomic mass is 10.2. The summed E-state index contributed by atoms with van der Waals surface area (Å²) in [5.41, 5.74) is 2.35. The predicted octanol–water partition coefficient (Wildman–Crippen LogP) is 1.69. The maximum absolute atomic E-state index is 11.8. The fourth-order valence-electron chi connectivity index (χ4n) is 1.95. The van der Waals surface area contributed by atoms with Gasteiger partial charge in [0.05, 0.1) is 18.1 Å². The lowest BCUT2D eigenvalue weighted by molar-refractivity contribution is -0.115. The van der Waals surface area contributed by atoms with E-state index in [9.17, 15) is 4.79 Å². The highest BCUT2D eigenvalue weighted by Gasteiger charge is 2.23. The second kappa shape index (κ2) is 5.71. The summed E-state index contributed by atoms with van der Waals surface area (Å²) in [5, 5.41) is 11.9. The van der Waals surface area contributed by atoms with Crippen LogP contribution in [-0.4, -0.2) is 34.3 Å². The zero-order valence-corrected chi connectivity index (χ0v) is 12.1. The highest BCUT2D eigenvalue weighted by Crippen LogP contribution is 2.27. The third-order valence-corrected chi connectivity index (χ3v) is 3.77. The number of benzene rings is 1. The molecule has 1 aliphatic rings. The molecule has 1 saturated heterocycles. The summed E-state index contributed by atoms with van der Waals surface area (Å²) in [5.74, 6) is 0.423. The molecule has 6 nitrogen and oxygen atoms in total. The molecule has 1 fully saturated rings. The molecule has 1 aliphatic heterocycles. The van der Waals surface area contributed by atoms with E-state index in [0.717, 1.165) is 11.1 Å². The van der Waals surface area contributed by atoms with Crippen molar-refractivity contribution in [1.82, 2.24) is 10.3 Å². The Balaban J connectivity index is 1.87. The van der Waals surface area contributed by atoms with Gasteiger partial charge in [0, 0.05) is 6.92 Å². The molecule has 0 spiro atoms. The lowest BCUT2D eigenvalue weighted by Gasteiger charge is -1.94. The van der Waals surface area contributed by atoms with Crippen LogP contribution in [0.2, 0.25) is 0 Å². The quantitative estimate of drug-likeness (QED) is 0.842. The molecule has 2 aromatic rings. The molecule has 1 amide bonds. The van der Waals surface area contributed by atoms with E-state index in [1.54, 1.807) is 13.0 Å². The van der Waals surface area contributed by atoms with Crippen molar-refractivity contribution in [1.29, 1.82) is 0 Å².